The highest BCUT2D eigenvalue weighted by molar-refractivity contribution is 9.10. The van der Waals surface area contributed by atoms with Gasteiger partial charge in [-0.15, -0.1) is 0 Å². The molecule has 0 saturated carbocycles. The molecule has 0 aliphatic carbocycles. The summed E-state index contributed by atoms with van der Waals surface area (Å²) in [6.45, 7) is 0.427. The number of hydrogen-bond donors (Lipinski definition) is 0. The molecule has 0 spiro atoms. The van der Waals surface area contributed by atoms with Gasteiger partial charge in [-0.05, 0) is 30.2 Å². The quantitative estimate of drug-likeness (QED) is 0.741. The molecular formula is C17H15BrF3NO. The van der Waals surface area contributed by atoms with Crippen molar-refractivity contribution in [2.24, 2.45) is 0 Å². The Kier molecular flexibility index (Phi) is 5.46. The molecule has 0 aromatic heterocycles. The number of hydrogen-bond acceptors (Lipinski definition) is 1. The maximum Gasteiger partial charge on any atom is 0.416 e. The summed E-state index contributed by atoms with van der Waals surface area (Å²) in [6.07, 6.45) is -3.84. The molecule has 2 rings (SSSR count). The van der Waals surface area contributed by atoms with Crippen LogP contribution < -0.4 is 0 Å². The van der Waals surface area contributed by atoms with Crippen LogP contribution in [-0.4, -0.2) is 24.4 Å². The Labute approximate surface area is 141 Å². The summed E-state index contributed by atoms with van der Waals surface area (Å²) in [5, 5.41) is 0. The van der Waals surface area contributed by atoms with Crippen LogP contribution in [0.4, 0.5) is 13.2 Å². The van der Waals surface area contributed by atoms with Gasteiger partial charge >= 0.3 is 6.18 Å². The summed E-state index contributed by atoms with van der Waals surface area (Å²) in [4.78, 5) is 13.8. The number of rotatable bonds is 4. The molecule has 0 aliphatic heterocycles. The second-order valence-electron chi connectivity index (χ2n) is 5.19. The highest BCUT2D eigenvalue weighted by atomic mass is 79.9. The van der Waals surface area contributed by atoms with Gasteiger partial charge in [-0.25, -0.2) is 0 Å². The number of likely N-dealkylation sites (N-methyl/N-ethyl adjacent to an activating group) is 1. The maximum atomic E-state index is 12.8. The molecule has 2 nitrogen and oxygen atoms in total. The number of carbonyl (C=O) groups is 1. The van der Waals surface area contributed by atoms with Gasteiger partial charge in [0.1, 0.15) is 0 Å². The molecule has 0 unspecified atom stereocenters. The third-order valence-corrected chi connectivity index (χ3v) is 3.86. The summed E-state index contributed by atoms with van der Waals surface area (Å²) < 4.78 is 38.7. The number of amides is 1. The topological polar surface area (TPSA) is 20.3 Å². The van der Waals surface area contributed by atoms with Crippen LogP contribution in [-0.2, 0) is 12.6 Å². The Morgan fingerprint density at radius 2 is 1.78 bits per heavy atom. The second-order valence-corrected chi connectivity index (χ2v) is 6.10. The average molecular weight is 386 g/mol. The van der Waals surface area contributed by atoms with Gasteiger partial charge in [0.25, 0.3) is 5.91 Å². The van der Waals surface area contributed by atoms with E-state index in [0.29, 0.717) is 13.0 Å². The molecule has 0 atom stereocenters. The lowest BCUT2D eigenvalue weighted by atomic mass is 10.1. The summed E-state index contributed by atoms with van der Waals surface area (Å²) in [5.74, 6) is -0.437. The predicted octanol–water partition coefficient (Wildman–Crippen LogP) is 4.78. The Morgan fingerprint density at radius 3 is 2.39 bits per heavy atom. The molecule has 0 fully saturated rings. The van der Waals surface area contributed by atoms with Crippen LogP contribution in [0.15, 0.2) is 53.0 Å². The Bertz CT molecular complexity index is 686. The molecule has 0 N–H and O–H groups in total. The van der Waals surface area contributed by atoms with E-state index in [4.69, 9.17) is 0 Å². The number of benzene rings is 2. The molecule has 6 heteroatoms. The van der Waals surface area contributed by atoms with Crippen molar-refractivity contribution in [2.75, 3.05) is 13.6 Å². The molecule has 2 aromatic rings. The smallest absolute Gasteiger partial charge is 0.341 e. The van der Waals surface area contributed by atoms with Gasteiger partial charge < -0.3 is 4.90 Å². The summed E-state index contributed by atoms with van der Waals surface area (Å²) in [6, 6.07) is 12.8. The van der Waals surface area contributed by atoms with Crippen LogP contribution in [0.1, 0.15) is 21.5 Å². The first kappa shape index (κ1) is 17.5. The van der Waals surface area contributed by atoms with Gasteiger partial charge in [0.2, 0.25) is 0 Å². The highest BCUT2D eigenvalue weighted by Crippen LogP contribution is 2.32. The van der Waals surface area contributed by atoms with Gasteiger partial charge in [-0.1, -0.05) is 46.3 Å². The number of nitrogens with zero attached hydrogens (tertiary/aromatic N) is 1. The van der Waals surface area contributed by atoms with E-state index in [1.165, 1.54) is 11.0 Å². The van der Waals surface area contributed by atoms with Crippen molar-refractivity contribution >= 4 is 21.8 Å². The van der Waals surface area contributed by atoms with E-state index in [0.717, 1.165) is 17.7 Å². The largest absolute Gasteiger partial charge is 0.416 e. The van der Waals surface area contributed by atoms with Gasteiger partial charge in [0, 0.05) is 23.6 Å². The number of carbonyl (C=O) groups excluding carboxylic acids is 1. The van der Waals surface area contributed by atoms with Gasteiger partial charge in [0.05, 0.1) is 5.56 Å². The normalized spacial score (nSPS) is 11.3. The molecule has 0 radical (unpaired) electrons. The zero-order valence-electron chi connectivity index (χ0n) is 12.4. The predicted molar refractivity (Wildman–Crippen MR) is 86.3 cm³/mol. The van der Waals surface area contributed by atoms with Crippen LogP contribution >= 0.6 is 15.9 Å². The van der Waals surface area contributed by atoms with Crippen molar-refractivity contribution in [3.8, 4) is 0 Å². The van der Waals surface area contributed by atoms with Crippen molar-refractivity contribution < 1.29 is 18.0 Å². The van der Waals surface area contributed by atoms with E-state index in [2.05, 4.69) is 15.9 Å². The lowest BCUT2D eigenvalue weighted by Crippen LogP contribution is -2.29. The third-order valence-electron chi connectivity index (χ3n) is 3.40. The van der Waals surface area contributed by atoms with Gasteiger partial charge in [-0.2, -0.15) is 13.2 Å². The fourth-order valence-corrected chi connectivity index (χ4v) is 2.63. The van der Waals surface area contributed by atoms with Crippen molar-refractivity contribution in [3.05, 3.63) is 69.7 Å². The first-order valence-corrected chi connectivity index (χ1v) is 7.74. The minimum atomic E-state index is -4.48. The van der Waals surface area contributed by atoms with Crippen molar-refractivity contribution in [3.63, 3.8) is 0 Å². The number of halogens is 4. The van der Waals surface area contributed by atoms with E-state index in [1.807, 2.05) is 30.3 Å². The molecule has 122 valence electrons. The second kappa shape index (κ2) is 7.17. The van der Waals surface area contributed by atoms with Crippen LogP contribution in [0.3, 0.4) is 0 Å². The van der Waals surface area contributed by atoms with E-state index in [-0.39, 0.29) is 10.0 Å². The number of alkyl halides is 3. The SMILES string of the molecule is CN(CCc1ccccc1)C(=O)c1cc(Br)cc(C(F)(F)F)c1. The average Bonchev–Trinajstić information content (AvgIpc) is 2.51. The lowest BCUT2D eigenvalue weighted by molar-refractivity contribution is -0.137. The van der Waals surface area contributed by atoms with E-state index in [9.17, 15) is 18.0 Å². The fourth-order valence-electron chi connectivity index (χ4n) is 2.14. The lowest BCUT2D eigenvalue weighted by Gasteiger charge is -2.18. The molecule has 23 heavy (non-hydrogen) atoms. The Hall–Kier alpha value is -1.82. The minimum Gasteiger partial charge on any atom is -0.341 e. The molecule has 0 aliphatic rings. The summed E-state index contributed by atoms with van der Waals surface area (Å²) in [5.41, 5.74) is 0.242. The maximum absolute atomic E-state index is 12.8. The molecular weight excluding hydrogens is 371 g/mol. The van der Waals surface area contributed by atoms with Crippen molar-refractivity contribution in [1.29, 1.82) is 0 Å². The van der Waals surface area contributed by atoms with Crippen LogP contribution in [0.25, 0.3) is 0 Å². The Balaban J connectivity index is 2.11. The summed E-state index contributed by atoms with van der Waals surface area (Å²) >= 11 is 3.03. The molecule has 1 amide bonds. The van der Waals surface area contributed by atoms with E-state index >= 15 is 0 Å². The van der Waals surface area contributed by atoms with E-state index in [1.54, 1.807) is 7.05 Å². The standard InChI is InChI=1S/C17H15BrF3NO/c1-22(8-7-12-5-3-2-4-6-12)16(23)13-9-14(17(19,20)21)11-15(18)10-13/h2-6,9-11H,7-8H2,1H3. The fraction of sp³-hybridized carbons (Fsp3) is 0.235. The van der Waals surface area contributed by atoms with Gasteiger partial charge in [0.15, 0.2) is 0 Å². The van der Waals surface area contributed by atoms with Gasteiger partial charge in [-0.3, -0.25) is 4.79 Å². The highest BCUT2D eigenvalue weighted by Gasteiger charge is 2.31. The monoisotopic (exact) mass is 385 g/mol. The summed E-state index contributed by atoms with van der Waals surface area (Å²) in [7, 11) is 1.58. The third kappa shape index (κ3) is 4.82. The molecule has 0 saturated heterocycles. The van der Waals surface area contributed by atoms with E-state index < -0.39 is 17.6 Å². The molecule has 0 bridgehead atoms. The van der Waals surface area contributed by atoms with Crippen LogP contribution in [0.2, 0.25) is 0 Å². The van der Waals surface area contributed by atoms with Crippen LogP contribution in [0, 0.1) is 0 Å². The van der Waals surface area contributed by atoms with Crippen molar-refractivity contribution in [1.82, 2.24) is 4.90 Å². The molecule has 0 heterocycles. The molecule has 2 aromatic carbocycles. The first-order valence-electron chi connectivity index (χ1n) is 6.94. The van der Waals surface area contributed by atoms with Crippen molar-refractivity contribution in [2.45, 2.75) is 12.6 Å². The minimum absolute atomic E-state index is 0.0160. The van der Waals surface area contributed by atoms with Crippen LogP contribution in [0.5, 0.6) is 0 Å². The zero-order valence-corrected chi connectivity index (χ0v) is 14.0. The first-order chi connectivity index (χ1) is 10.8. The zero-order chi connectivity index (χ0) is 17.0. The Morgan fingerprint density at radius 1 is 1.13 bits per heavy atom.